The molecule has 1 amide bonds. The number of alkyl halides is 1. The van der Waals surface area contributed by atoms with Crippen LogP contribution in [0.15, 0.2) is 22.7 Å². The minimum Gasteiger partial charge on any atom is -0.335 e. The van der Waals surface area contributed by atoms with Crippen molar-refractivity contribution in [1.82, 2.24) is 4.90 Å². The number of hydrogen-bond acceptors (Lipinski definition) is 1. The highest BCUT2D eigenvalue weighted by atomic mass is 79.9. The molecule has 1 saturated carbocycles. The van der Waals surface area contributed by atoms with E-state index in [1.54, 1.807) is 12.1 Å². The van der Waals surface area contributed by atoms with Crippen LogP contribution in [0.2, 0.25) is 5.02 Å². The molecule has 1 aliphatic carbocycles. The average Bonchev–Trinajstić information content (AvgIpc) is 2.89. The lowest BCUT2D eigenvalue weighted by molar-refractivity contribution is 0.0696. The van der Waals surface area contributed by atoms with Crippen LogP contribution in [-0.2, 0) is 0 Å². The largest absolute Gasteiger partial charge is 0.335 e. The van der Waals surface area contributed by atoms with Crippen molar-refractivity contribution in [2.24, 2.45) is 0 Å². The van der Waals surface area contributed by atoms with Gasteiger partial charge in [-0.25, -0.2) is 0 Å². The Labute approximate surface area is 135 Å². The summed E-state index contributed by atoms with van der Waals surface area (Å²) in [5.74, 6) is 0.0452. The second-order valence-electron chi connectivity index (χ2n) is 4.75. The van der Waals surface area contributed by atoms with Crippen LogP contribution in [-0.4, -0.2) is 28.7 Å². The van der Waals surface area contributed by atoms with Gasteiger partial charge in [0.15, 0.2) is 0 Å². The van der Waals surface area contributed by atoms with E-state index in [4.69, 9.17) is 11.6 Å². The number of carbonyl (C=O) groups is 1. The van der Waals surface area contributed by atoms with Crippen molar-refractivity contribution in [2.45, 2.75) is 31.7 Å². The van der Waals surface area contributed by atoms with Crippen LogP contribution < -0.4 is 0 Å². The Hall–Kier alpha value is -0.0600. The van der Waals surface area contributed by atoms with Gasteiger partial charge >= 0.3 is 0 Å². The first-order chi connectivity index (χ1) is 9.13. The van der Waals surface area contributed by atoms with Gasteiger partial charge in [-0.2, -0.15) is 0 Å². The zero-order valence-electron chi connectivity index (χ0n) is 10.5. The molecule has 0 unspecified atom stereocenters. The SMILES string of the molecule is O=C(c1ccc(Br)cc1Cl)N(CCBr)C1CCCC1. The third kappa shape index (κ3) is 3.73. The first kappa shape index (κ1) is 15.3. The van der Waals surface area contributed by atoms with Crippen LogP contribution in [0, 0.1) is 0 Å². The lowest BCUT2D eigenvalue weighted by Gasteiger charge is -2.28. The molecule has 5 heteroatoms. The average molecular weight is 410 g/mol. The molecule has 1 aromatic carbocycles. The van der Waals surface area contributed by atoms with Gasteiger partial charge in [-0.1, -0.05) is 56.3 Å². The molecule has 0 radical (unpaired) electrons. The van der Waals surface area contributed by atoms with Gasteiger partial charge in [0, 0.05) is 22.4 Å². The van der Waals surface area contributed by atoms with Crippen molar-refractivity contribution >= 4 is 49.4 Å². The molecule has 0 saturated heterocycles. The zero-order chi connectivity index (χ0) is 13.8. The first-order valence-electron chi connectivity index (χ1n) is 6.45. The Kier molecular flexibility index (Phi) is 5.72. The van der Waals surface area contributed by atoms with Gasteiger partial charge in [0.05, 0.1) is 10.6 Å². The van der Waals surface area contributed by atoms with Gasteiger partial charge in [-0.05, 0) is 31.0 Å². The molecule has 2 nitrogen and oxygen atoms in total. The highest BCUT2D eigenvalue weighted by Crippen LogP contribution is 2.28. The Morgan fingerprint density at radius 1 is 1.37 bits per heavy atom. The smallest absolute Gasteiger partial charge is 0.255 e. The number of amides is 1. The van der Waals surface area contributed by atoms with Gasteiger partial charge in [0.2, 0.25) is 0 Å². The number of halogens is 3. The zero-order valence-corrected chi connectivity index (χ0v) is 14.5. The van der Waals surface area contributed by atoms with Crippen molar-refractivity contribution in [2.75, 3.05) is 11.9 Å². The molecule has 104 valence electrons. The summed E-state index contributed by atoms with van der Waals surface area (Å²) in [5.41, 5.74) is 0.595. The standard InChI is InChI=1S/C14H16Br2ClNO/c15-7-8-18(11-3-1-2-4-11)14(19)12-6-5-10(16)9-13(12)17/h5-6,9,11H,1-4,7-8H2. The van der Waals surface area contributed by atoms with E-state index >= 15 is 0 Å². The number of carbonyl (C=O) groups excluding carboxylic acids is 1. The molecule has 0 N–H and O–H groups in total. The summed E-state index contributed by atoms with van der Waals surface area (Å²) in [6.07, 6.45) is 4.63. The van der Waals surface area contributed by atoms with Gasteiger partial charge < -0.3 is 4.90 Å². The summed E-state index contributed by atoms with van der Waals surface area (Å²) < 4.78 is 0.891. The molecule has 0 spiro atoms. The summed E-state index contributed by atoms with van der Waals surface area (Å²) in [6, 6.07) is 5.80. The molecule has 0 aliphatic heterocycles. The predicted octanol–water partition coefficient (Wildman–Crippen LogP) is 4.88. The van der Waals surface area contributed by atoms with E-state index in [-0.39, 0.29) is 5.91 Å². The molecule has 0 atom stereocenters. The molecule has 1 aliphatic rings. The molecular weight excluding hydrogens is 393 g/mol. The molecular formula is C14H16Br2ClNO. The molecule has 0 aromatic heterocycles. The molecule has 0 bridgehead atoms. The second kappa shape index (κ2) is 7.09. The van der Waals surface area contributed by atoms with E-state index in [1.165, 1.54) is 12.8 Å². The number of benzene rings is 1. The summed E-state index contributed by atoms with van der Waals surface area (Å²) in [5, 5.41) is 1.31. The van der Waals surface area contributed by atoms with Crippen LogP contribution in [0.5, 0.6) is 0 Å². The number of nitrogens with zero attached hydrogens (tertiary/aromatic N) is 1. The van der Waals surface area contributed by atoms with Crippen LogP contribution in [0.4, 0.5) is 0 Å². The minimum absolute atomic E-state index is 0.0452. The van der Waals surface area contributed by atoms with E-state index in [1.807, 2.05) is 11.0 Å². The third-order valence-corrected chi connectivity index (χ3v) is 4.67. The van der Waals surface area contributed by atoms with E-state index in [2.05, 4.69) is 31.9 Å². The van der Waals surface area contributed by atoms with Crippen molar-refractivity contribution in [1.29, 1.82) is 0 Å². The fourth-order valence-corrected chi connectivity index (χ4v) is 3.71. The van der Waals surface area contributed by atoms with Crippen molar-refractivity contribution in [3.05, 3.63) is 33.3 Å². The summed E-state index contributed by atoms with van der Waals surface area (Å²) in [7, 11) is 0. The maximum Gasteiger partial charge on any atom is 0.255 e. The first-order valence-corrected chi connectivity index (χ1v) is 8.74. The van der Waals surface area contributed by atoms with Gasteiger partial charge in [-0.3, -0.25) is 4.79 Å². The van der Waals surface area contributed by atoms with Crippen LogP contribution >= 0.6 is 43.5 Å². The monoisotopic (exact) mass is 407 g/mol. The highest BCUT2D eigenvalue weighted by molar-refractivity contribution is 9.10. The fourth-order valence-electron chi connectivity index (χ4n) is 2.57. The van der Waals surface area contributed by atoms with Crippen LogP contribution in [0.1, 0.15) is 36.0 Å². The predicted molar refractivity (Wildman–Crippen MR) is 86.2 cm³/mol. The maximum atomic E-state index is 12.7. The van der Waals surface area contributed by atoms with Crippen molar-refractivity contribution in [3.63, 3.8) is 0 Å². The molecule has 1 aromatic rings. The normalized spacial score (nSPS) is 15.7. The third-order valence-electron chi connectivity index (χ3n) is 3.51. The highest BCUT2D eigenvalue weighted by Gasteiger charge is 2.27. The van der Waals surface area contributed by atoms with Gasteiger partial charge in [-0.15, -0.1) is 0 Å². The molecule has 1 fully saturated rings. The summed E-state index contributed by atoms with van der Waals surface area (Å²) >= 11 is 13.0. The Morgan fingerprint density at radius 2 is 2.05 bits per heavy atom. The topological polar surface area (TPSA) is 20.3 Å². The Balaban J connectivity index is 2.22. The molecule has 19 heavy (non-hydrogen) atoms. The van der Waals surface area contributed by atoms with Crippen molar-refractivity contribution in [3.8, 4) is 0 Å². The number of rotatable bonds is 4. The van der Waals surface area contributed by atoms with Crippen LogP contribution in [0.3, 0.4) is 0 Å². The number of hydrogen-bond donors (Lipinski definition) is 0. The lowest BCUT2D eigenvalue weighted by atomic mass is 10.1. The molecule has 0 heterocycles. The Bertz CT molecular complexity index is 461. The quantitative estimate of drug-likeness (QED) is 0.649. The van der Waals surface area contributed by atoms with E-state index in [0.29, 0.717) is 16.6 Å². The fraction of sp³-hybridized carbons (Fsp3) is 0.500. The van der Waals surface area contributed by atoms with Crippen molar-refractivity contribution < 1.29 is 4.79 Å². The Morgan fingerprint density at radius 3 is 2.63 bits per heavy atom. The van der Waals surface area contributed by atoms with E-state index in [0.717, 1.165) is 29.2 Å². The lowest BCUT2D eigenvalue weighted by Crippen LogP contribution is -2.40. The van der Waals surface area contributed by atoms with Gasteiger partial charge in [0.25, 0.3) is 5.91 Å². The summed E-state index contributed by atoms with van der Waals surface area (Å²) in [4.78, 5) is 14.6. The minimum atomic E-state index is 0.0452. The van der Waals surface area contributed by atoms with E-state index < -0.39 is 0 Å². The van der Waals surface area contributed by atoms with Crippen LogP contribution in [0.25, 0.3) is 0 Å². The second-order valence-corrected chi connectivity index (χ2v) is 6.87. The maximum absolute atomic E-state index is 12.7. The van der Waals surface area contributed by atoms with Gasteiger partial charge in [0.1, 0.15) is 0 Å². The summed E-state index contributed by atoms with van der Waals surface area (Å²) in [6.45, 7) is 0.732. The van der Waals surface area contributed by atoms with E-state index in [9.17, 15) is 4.79 Å². The molecule has 2 rings (SSSR count).